The smallest absolute Gasteiger partial charge is 0.242 e. The Balaban J connectivity index is 1.59. The maximum atomic E-state index is 13.1. The molecule has 2 aliphatic rings. The number of hydrogen-bond acceptors (Lipinski definition) is 4. The van der Waals surface area contributed by atoms with E-state index in [2.05, 4.69) is 0 Å². The molecule has 2 aromatic rings. The van der Waals surface area contributed by atoms with Crippen molar-refractivity contribution in [3.63, 3.8) is 0 Å². The third kappa shape index (κ3) is 4.38. The molecule has 7 nitrogen and oxygen atoms in total. The molecule has 0 unspecified atom stereocenters. The Morgan fingerprint density at radius 3 is 2.00 bits per heavy atom. The third-order valence-corrected chi connectivity index (χ3v) is 7.75. The van der Waals surface area contributed by atoms with E-state index in [1.54, 1.807) is 21.6 Å². The van der Waals surface area contributed by atoms with Crippen LogP contribution in [-0.2, 0) is 26.0 Å². The standard InChI is InChI=1S/C22H29N3O4S/c26-21(23-11-5-1-6-12-23)16-25-15-20(18-9-3-4-10-19(18)25)30(28,29)17-22(27)24-13-7-2-8-14-24/h3-4,9-10,15H,1-2,5-8,11-14,16-17H2. The second-order valence-electron chi connectivity index (χ2n) is 8.28. The zero-order valence-corrected chi connectivity index (χ0v) is 18.1. The normalized spacial score (nSPS) is 18.0. The molecule has 1 aromatic carbocycles. The predicted molar refractivity (Wildman–Crippen MR) is 115 cm³/mol. The molecule has 8 heteroatoms. The van der Waals surface area contributed by atoms with Crippen molar-refractivity contribution >= 4 is 32.6 Å². The molecule has 0 atom stereocenters. The second kappa shape index (κ2) is 8.79. The molecule has 0 radical (unpaired) electrons. The molecule has 30 heavy (non-hydrogen) atoms. The van der Waals surface area contributed by atoms with Crippen LogP contribution in [0.5, 0.6) is 0 Å². The predicted octanol–water partition coefficient (Wildman–Crippen LogP) is 2.44. The third-order valence-electron chi connectivity index (χ3n) is 6.12. The molecule has 2 fully saturated rings. The zero-order valence-electron chi connectivity index (χ0n) is 17.3. The number of hydrogen-bond donors (Lipinski definition) is 0. The van der Waals surface area contributed by atoms with E-state index >= 15 is 0 Å². The monoisotopic (exact) mass is 431 g/mol. The lowest BCUT2D eigenvalue weighted by Crippen LogP contribution is -2.39. The maximum absolute atomic E-state index is 13.1. The van der Waals surface area contributed by atoms with Crippen LogP contribution in [0.3, 0.4) is 0 Å². The maximum Gasteiger partial charge on any atom is 0.242 e. The number of piperidine rings is 2. The number of aromatic nitrogens is 1. The summed E-state index contributed by atoms with van der Waals surface area (Å²) >= 11 is 0. The largest absolute Gasteiger partial charge is 0.342 e. The summed E-state index contributed by atoms with van der Waals surface area (Å²) in [5.74, 6) is -0.860. The van der Waals surface area contributed by atoms with E-state index < -0.39 is 15.6 Å². The first-order valence-electron chi connectivity index (χ1n) is 10.8. The number of amides is 2. The summed E-state index contributed by atoms with van der Waals surface area (Å²) < 4.78 is 28.0. The Bertz CT molecular complexity index is 1030. The lowest BCUT2D eigenvalue weighted by molar-refractivity contribution is -0.132. The average molecular weight is 432 g/mol. The highest BCUT2D eigenvalue weighted by Gasteiger charge is 2.28. The fourth-order valence-corrected chi connectivity index (χ4v) is 5.91. The quantitative estimate of drug-likeness (QED) is 0.728. The van der Waals surface area contributed by atoms with Gasteiger partial charge in [0.15, 0.2) is 9.84 Å². The molecule has 0 spiro atoms. The Morgan fingerprint density at radius 1 is 0.800 bits per heavy atom. The molecule has 162 valence electrons. The second-order valence-corrected chi connectivity index (χ2v) is 10.2. The zero-order chi connectivity index (χ0) is 21.1. The molecular formula is C22H29N3O4S. The first-order chi connectivity index (χ1) is 14.5. The van der Waals surface area contributed by atoms with Crippen LogP contribution >= 0.6 is 0 Å². The average Bonchev–Trinajstić information content (AvgIpc) is 3.14. The van der Waals surface area contributed by atoms with E-state index in [9.17, 15) is 18.0 Å². The number of rotatable bonds is 5. The van der Waals surface area contributed by atoms with Gasteiger partial charge in [0.25, 0.3) is 0 Å². The Labute approximate surface area is 177 Å². The molecule has 0 saturated carbocycles. The highest BCUT2D eigenvalue weighted by atomic mass is 32.2. The van der Waals surface area contributed by atoms with Crippen LogP contribution in [-0.4, -0.2) is 66.5 Å². The van der Waals surface area contributed by atoms with Crippen LogP contribution in [0.25, 0.3) is 10.9 Å². The Hall–Kier alpha value is -2.35. The van der Waals surface area contributed by atoms with E-state index in [1.165, 1.54) is 6.20 Å². The molecule has 0 bridgehead atoms. The van der Waals surface area contributed by atoms with Crippen molar-refractivity contribution in [1.29, 1.82) is 0 Å². The lowest BCUT2D eigenvalue weighted by Gasteiger charge is -2.27. The van der Waals surface area contributed by atoms with E-state index in [4.69, 9.17) is 0 Å². The molecule has 3 heterocycles. The van der Waals surface area contributed by atoms with E-state index in [-0.39, 0.29) is 23.3 Å². The molecule has 0 aliphatic carbocycles. The number of sulfone groups is 1. The SMILES string of the molecule is O=C(Cn1cc(S(=O)(=O)CC(=O)N2CCCCC2)c2ccccc21)N1CCCCC1. The fraction of sp³-hybridized carbons (Fsp3) is 0.545. The summed E-state index contributed by atoms with van der Waals surface area (Å²) in [4.78, 5) is 29.0. The van der Waals surface area contributed by atoms with Crippen molar-refractivity contribution in [3.05, 3.63) is 30.5 Å². The van der Waals surface area contributed by atoms with Gasteiger partial charge in [-0.25, -0.2) is 8.42 Å². The number of fused-ring (bicyclic) bond motifs is 1. The van der Waals surface area contributed by atoms with Gasteiger partial charge in [-0.05, 0) is 44.6 Å². The summed E-state index contributed by atoms with van der Waals surface area (Å²) in [6, 6.07) is 7.18. The van der Waals surface area contributed by atoms with Gasteiger partial charge in [0, 0.05) is 43.3 Å². The molecule has 2 amide bonds. The molecule has 2 aliphatic heterocycles. The van der Waals surface area contributed by atoms with Crippen molar-refractivity contribution in [2.24, 2.45) is 0 Å². The number of nitrogens with zero attached hydrogens (tertiary/aromatic N) is 3. The van der Waals surface area contributed by atoms with Crippen molar-refractivity contribution < 1.29 is 18.0 Å². The molecule has 4 rings (SSSR count). The van der Waals surface area contributed by atoms with Gasteiger partial charge in [0.2, 0.25) is 11.8 Å². The number of carbonyl (C=O) groups is 2. The van der Waals surface area contributed by atoms with Crippen molar-refractivity contribution in [2.75, 3.05) is 31.9 Å². The molecular weight excluding hydrogens is 402 g/mol. The topological polar surface area (TPSA) is 79.7 Å². The summed E-state index contributed by atoms with van der Waals surface area (Å²) in [6.07, 6.45) is 7.62. The number of likely N-dealkylation sites (tertiary alicyclic amines) is 2. The first kappa shape index (κ1) is 20.9. The Morgan fingerprint density at radius 2 is 1.37 bits per heavy atom. The van der Waals surface area contributed by atoms with Gasteiger partial charge in [0.1, 0.15) is 12.3 Å². The van der Waals surface area contributed by atoms with Gasteiger partial charge in [-0.3, -0.25) is 9.59 Å². The Kier molecular flexibility index (Phi) is 6.13. The van der Waals surface area contributed by atoms with Gasteiger partial charge >= 0.3 is 0 Å². The van der Waals surface area contributed by atoms with Gasteiger partial charge in [-0.2, -0.15) is 0 Å². The van der Waals surface area contributed by atoms with Crippen LogP contribution in [0.1, 0.15) is 38.5 Å². The fourth-order valence-electron chi connectivity index (χ4n) is 4.46. The van der Waals surface area contributed by atoms with E-state index in [0.29, 0.717) is 24.0 Å². The van der Waals surface area contributed by atoms with Gasteiger partial charge in [0.05, 0.1) is 4.90 Å². The van der Waals surface area contributed by atoms with Crippen LogP contribution in [0.2, 0.25) is 0 Å². The van der Waals surface area contributed by atoms with E-state index in [1.807, 2.05) is 17.0 Å². The van der Waals surface area contributed by atoms with Gasteiger partial charge in [-0.1, -0.05) is 18.2 Å². The minimum absolute atomic E-state index is 0.00351. The van der Waals surface area contributed by atoms with E-state index in [0.717, 1.165) is 51.6 Å². The summed E-state index contributed by atoms with van der Waals surface area (Å²) in [5, 5.41) is 0.565. The molecule has 1 aromatic heterocycles. The van der Waals surface area contributed by atoms with Crippen LogP contribution in [0.15, 0.2) is 35.4 Å². The number of benzene rings is 1. The molecule has 2 saturated heterocycles. The lowest BCUT2D eigenvalue weighted by atomic mass is 10.1. The minimum Gasteiger partial charge on any atom is -0.342 e. The highest BCUT2D eigenvalue weighted by molar-refractivity contribution is 7.92. The van der Waals surface area contributed by atoms with Crippen molar-refractivity contribution in [3.8, 4) is 0 Å². The van der Waals surface area contributed by atoms with Gasteiger partial charge < -0.3 is 14.4 Å². The van der Waals surface area contributed by atoms with Gasteiger partial charge in [-0.15, -0.1) is 0 Å². The van der Waals surface area contributed by atoms with Crippen LogP contribution < -0.4 is 0 Å². The minimum atomic E-state index is -3.81. The van der Waals surface area contributed by atoms with Crippen LogP contribution in [0.4, 0.5) is 0 Å². The van der Waals surface area contributed by atoms with Crippen molar-refractivity contribution in [1.82, 2.24) is 14.4 Å². The highest BCUT2D eigenvalue weighted by Crippen LogP contribution is 2.27. The summed E-state index contributed by atoms with van der Waals surface area (Å²) in [7, 11) is -3.81. The number of carbonyl (C=O) groups excluding carboxylic acids is 2. The molecule has 0 N–H and O–H groups in total. The summed E-state index contributed by atoms with van der Waals surface area (Å²) in [6.45, 7) is 2.87. The summed E-state index contributed by atoms with van der Waals surface area (Å²) in [5.41, 5.74) is 0.701. The first-order valence-corrected chi connectivity index (χ1v) is 12.5. The number of para-hydroxylation sites is 1. The van der Waals surface area contributed by atoms with Crippen molar-refractivity contribution in [2.45, 2.75) is 50.0 Å². The van der Waals surface area contributed by atoms with Crippen LogP contribution in [0, 0.1) is 0 Å².